The van der Waals surface area contributed by atoms with Crippen molar-refractivity contribution >= 4 is 24.0 Å². The number of carbonyl (C=O) groups excluding carboxylic acids is 4. The van der Waals surface area contributed by atoms with Gasteiger partial charge in [-0.1, -0.05) is 50.2 Å². The Labute approximate surface area is 381 Å². The van der Waals surface area contributed by atoms with E-state index in [-0.39, 0.29) is 30.2 Å². The van der Waals surface area contributed by atoms with E-state index in [2.05, 4.69) is 74.8 Å². The summed E-state index contributed by atoms with van der Waals surface area (Å²) in [6, 6.07) is 11.4. The molecule has 0 bridgehead atoms. The third kappa shape index (κ3) is 11.9. The second-order valence-electron chi connectivity index (χ2n) is 16.7. The fourth-order valence-electron chi connectivity index (χ4n) is 9.29. The first-order chi connectivity index (χ1) is 31.7. The van der Waals surface area contributed by atoms with Crippen molar-refractivity contribution in [3.63, 3.8) is 0 Å². The minimum absolute atomic E-state index is 0.0429. The number of hydrogen-bond acceptors (Lipinski definition) is 10. The van der Waals surface area contributed by atoms with Crippen LogP contribution in [0.1, 0.15) is 81.6 Å². The summed E-state index contributed by atoms with van der Waals surface area (Å²) in [6.45, 7) is 7.87. The minimum Gasteiger partial charge on any atom is -0.453 e. The summed E-state index contributed by atoms with van der Waals surface area (Å²) in [5.41, 5.74) is 8.82. The van der Waals surface area contributed by atoms with E-state index >= 15 is 0 Å². The molecule has 0 saturated carbocycles. The number of hydrogen-bond donors (Lipinski definition) is 4. The predicted molar refractivity (Wildman–Crippen MR) is 246 cm³/mol. The van der Waals surface area contributed by atoms with Crippen molar-refractivity contribution in [3.8, 4) is 46.5 Å². The van der Waals surface area contributed by atoms with Gasteiger partial charge in [0.05, 0.1) is 51.1 Å². The van der Waals surface area contributed by atoms with Crippen LogP contribution in [0.2, 0.25) is 0 Å². The number of benzene rings is 2. The van der Waals surface area contributed by atoms with Crippen molar-refractivity contribution in [2.24, 2.45) is 11.8 Å². The van der Waals surface area contributed by atoms with E-state index in [1.165, 1.54) is 30.9 Å². The lowest BCUT2D eigenvalue weighted by molar-refractivity contribution is -0.137. The van der Waals surface area contributed by atoms with Crippen LogP contribution >= 0.6 is 0 Å². The largest absolute Gasteiger partial charge is 0.453 e. The predicted octanol–water partition coefficient (Wildman–Crippen LogP) is 6.65. The van der Waals surface area contributed by atoms with Gasteiger partial charge in [0.1, 0.15) is 23.7 Å². The minimum atomic E-state index is -0.708. The average Bonchev–Trinajstić information content (AvgIpc) is 4.15. The van der Waals surface area contributed by atoms with Crippen LogP contribution in [0, 0.1) is 24.7 Å². The number of nitrogens with one attached hydrogen (secondary N) is 4. The van der Waals surface area contributed by atoms with E-state index < -0.39 is 24.3 Å². The molecule has 16 heteroatoms. The summed E-state index contributed by atoms with van der Waals surface area (Å²) in [5.74, 6) is 0.959. The highest BCUT2D eigenvalue weighted by atomic mass is 16.5. The summed E-state index contributed by atoms with van der Waals surface area (Å²) >= 11 is 0. The van der Waals surface area contributed by atoms with Gasteiger partial charge in [0, 0.05) is 45.1 Å². The van der Waals surface area contributed by atoms with Gasteiger partial charge in [0.15, 0.2) is 0 Å². The molecule has 16 nitrogen and oxygen atoms in total. The Hall–Kier alpha value is -6.18. The standard InChI is InChI=1S/C47H62N8O8.C2H2/c1-5-20-54(44(56)42(52-46(58)60-3)32-16-22-62-23-17-32)28-40-48-26-38(50-40)31-12-10-30(11-13-31)34-14-15-37(36-9-7-8-35(34)36)39-27-49-41(51-39)29-55(21-6-2)45(57)43(53-47(59)61-4)33-18-24-63-25-19-33;1-2/h10-15,26-27,32-33,42-43H,5-9,16-25,28-29H2,1-4H3,(H,48,50)(H,49,51)(H,52,58)(H,53,59);1-2H. The molecule has 1 aliphatic carbocycles. The van der Waals surface area contributed by atoms with Gasteiger partial charge in [-0.25, -0.2) is 19.6 Å². The van der Waals surface area contributed by atoms with Crippen LogP contribution in [-0.4, -0.2) is 120 Å². The molecule has 65 heavy (non-hydrogen) atoms. The third-order valence-corrected chi connectivity index (χ3v) is 12.6. The molecule has 2 aromatic heterocycles. The van der Waals surface area contributed by atoms with E-state index in [4.69, 9.17) is 23.9 Å². The Balaban J connectivity index is 0.00000345. The summed E-state index contributed by atoms with van der Waals surface area (Å²) < 4.78 is 20.8. The van der Waals surface area contributed by atoms with Crippen molar-refractivity contribution < 1.29 is 38.1 Å². The van der Waals surface area contributed by atoms with Crippen LogP contribution in [0.25, 0.3) is 33.6 Å². The lowest BCUT2D eigenvalue weighted by Crippen LogP contribution is -2.53. The second kappa shape index (κ2) is 23.7. The summed E-state index contributed by atoms with van der Waals surface area (Å²) in [6.07, 6.45) is 17.6. The van der Waals surface area contributed by atoms with E-state index in [0.29, 0.717) is 83.4 Å². The second-order valence-corrected chi connectivity index (χ2v) is 16.7. The molecule has 7 rings (SSSR count). The lowest BCUT2D eigenvalue weighted by Gasteiger charge is -2.33. The number of terminal acetylenes is 1. The van der Waals surface area contributed by atoms with Crippen molar-refractivity contribution in [1.82, 2.24) is 40.4 Å². The molecular formula is C49H64N8O8. The molecule has 2 aromatic carbocycles. The highest BCUT2D eigenvalue weighted by Crippen LogP contribution is 2.39. The number of rotatable bonds is 17. The first kappa shape index (κ1) is 48.3. The number of methoxy groups -OCH3 is 2. The van der Waals surface area contributed by atoms with Crippen molar-refractivity contribution in [1.29, 1.82) is 0 Å². The Kier molecular flexibility index (Phi) is 17.6. The molecule has 4 heterocycles. The Morgan fingerprint density at radius 2 is 1.11 bits per heavy atom. The Bertz CT molecular complexity index is 2220. The highest BCUT2D eigenvalue weighted by Gasteiger charge is 2.36. The number of aromatic amines is 2. The van der Waals surface area contributed by atoms with Crippen molar-refractivity contribution in [2.45, 2.75) is 96.8 Å². The van der Waals surface area contributed by atoms with Gasteiger partial charge in [0.2, 0.25) is 11.8 Å². The van der Waals surface area contributed by atoms with Gasteiger partial charge in [-0.05, 0) is 97.4 Å². The average molecular weight is 893 g/mol. The Morgan fingerprint density at radius 3 is 1.58 bits per heavy atom. The maximum Gasteiger partial charge on any atom is 0.407 e. The number of H-pyrrole nitrogens is 2. The molecule has 2 aliphatic heterocycles. The van der Waals surface area contributed by atoms with Crippen LogP contribution < -0.4 is 10.6 Å². The first-order valence-electron chi connectivity index (χ1n) is 22.8. The smallest absolute Gasteiger partial charge is 0.407 e. The van der Waals surface area contributed by atoms with E-state index in [1.807, 2.05) is 20.0 Å². The number of fused-ring (bicyclic) bond motifs is 1. The number of ether oxygens (including phenoxy) is 4. The third-order valence-electron chi connectivity index (χ3n) is 12.6. The number of carbonyl (C=O) groups is 4. The van der Waals surface area contributed by atoms with E-state index in [0.717, 1.165) is 60.2 Å². The molecule has 2 atom stereocenters. The molecule has 2 saturated heterocycles. The molecule has 3 aliphatic rings. The van der Waals surface area contributed by atoms with Gasteiger partial charge < -0.3 is 49.3 Å². The quantitative estimate of drug-likeness (QED) is 0.0835. The van der Waals surface area contributed by atoms with Gasteiger partial charge in [-0.2, -0.15) is 0 Å². The summed E-state index contributed by atoms with van der Waals surface area (Å²) in [4.78, 5) is 72.4. The van der Waals surface area contributed by atoms with Gasteiger partial charge >= 0.3 is 12.2 Å². The van der Waals surface area contributed by atoms with E-state index in [1.54, 1.807) is 16.0 Å². The van der Waals surface area contributed by atoms with Gasteiger partial charge in [-0.15, -0.1) is 12.8 Å². The van der Waals surface area contributed by atoms with Crippen LogP contribution in [0.15, 0.2) is 48.8 Å². The molecule has 348 valence electrons. The number of imidazole rings is 2. The van der Waals surface area contributed by atoms with Crippen LogP contribution in [0.4, 0.5) is 9.59 Å². The molecular weight excluding hydrogens is 829 g/mol. The number of aromatic nitrogens is 4. The zero-order valence-electron chi connectivity index (χ0n) is 38.2. The normalized spacial score (nSPS) is 16.0. The molecule has 2 fully saturated rings. The maximum absolute atomic E-state index is 14.0. The zero-order valence-corrected chi connectivity index (χ0v) is 38.2. The summed E-state index contributed by atoms with van der Waals surface area (Å²) in [7, 11) is 2.61. The molecule has 0 radical (unpaired) electrons. The number of nitrogens with zero attached hydrogens (tertiary/aromatic N) is 4. The fraction of sp³-hybridized carbons (Fsp3) is 0.510. The number of amides is 4. The molecule has 0 spiro atoms. The zero-order chi connectivity index (χ0) is 46.3. The van der Waals surface area contributed by atoms with Crippen LogP contribution in [-0.2, 0) is 54.5 Å². The fourth-order valence-corrected chi connectivity index (χ4v) is 9.29. The van der Waals surface area contributed by atoms with Crippen LogP contribution in [0.3, 0.4) is 0 Å². The monoisotopic (exact) mass is 892 g/mol. The van der Waals surface area contributed by atoms with Gasteiger partial charge in [-0.3, -0.25) is 9.59 Å². The van der Waals surface area contributed by atoms with E-state index in [9.17, 15) is 19.2 Å². The molecule has 2 unspecified atom stereocenters. The first-order valence-corrected chi connectivity index (χ1v) is 22.8. The lowest BCUT2D eigenvalue weighted by atomic mass is 9.90. The SMILES string of the molecule is C#C.CCCN(Cc1ncc(-c2ccc(-c3ccc(-c4cnc(CN(CCC)C(=O)C(NC(=O)OC)C5CCOCC5)[nH]4)c4c3CCC4)cc2)[nH]1)C(=O)C(NC(=O)OC)C1CCOCC1. The number of alkyl carbamates (subject to hydrolysis) is 2. The topological polar surface area (TPSA) is 193 Å². The highest BCUT2D eigenvalue weighted by molar-refractivity contribution is 5.87. The van der Waals surface area contributed by atoms with Crippen LogP contribution in [0.5, 0.6) is 0 Å². The van der Waals surface area contributed by atoms with Crippen molar-refractivity contribution in [3.05, 3.63) is 71.6 Å². The Morgan fingerprint density at radius 1 is 0.677 bits per heavy atom. The van der Waals surface area contributed by atoms with Gasteiger partial charge in [0.25, 0.3) is 0 Å². The van der Waals surface area contributed by atoms with Crippen molar-refractivity contribution in [2.75, 3.05) is 53.7 Å². The maximum atomic E-state index is 14.0. The molecule has 4 N–H and O–H groups in total. The molecule has 4 amide bonds. The summed E-state index contributed by atoms with van der Waals surface area (Å²) in [5, 5.41) is 5.61. The molecule has 4 aromatic rings.